The van der Waals surface area contributed by atoms with Crippen molar-refractivity contribution in [1.82, 2.24) is 0 Å². The Morgan fingerprint density at radius 1 is 1.09 bits per heavy atom. The van der Waals surface area contributed by atoms with Gasteiger partial charge >= 0.3 is 0 Å². The Balaban J connectivity index is 2.08. The zero-order valence-corrected chi connectivity index (χ0v) is 14.1. The molecule has 1 N–H and O–H groups in total. The van der Waals surface area contributed by atoms with Gasteiger partial charge in [-0.15, -0.1) is 0 Å². The van der Waals surface area contributed by atoms with E-state index in [1.165, 1.54) is 16.7 Å². The van der Waals surface area contributed by atoms with Crippen LogP contribution in [0, 0.1) is 18.8 Å². The molecule has 2 saturated carbocycles. The monoisotopic (exact) mass is 300 g/mol. The van der Waals surface area contributed by atoms with Crippen molar-refractivity contribution >= 4 is 5.78 Å². The first-order valence-corrected chi connectivity index (χ1v) is 8.92. The van der Waals surface area contributed by atoms with Crippen molar-refractivity contribution in [3.05, 3.63) is 34.4 Å². The zero-order valence-electron chi connectivity index (χ0n) is 14.1. The van der Waals surface area contributed by atoms with Crippen LogP contribution in [0.5, 0.6) is 0 Å². The van der Waals surface area contributed by atoms with Crippen molar-refractivity contribution in [3.8, 4) is 0 Å². The fourth-order valence-electron chi connectivity index (χ4n) is 4.82. The maximum absolute atomic E-state index is 13.0. The van der Waals surface area contributed by atoms with Crippen LogP contribution in [-0.2, 0) is 17.6 Å². The van der Waals surface area contributed by atoms with E-state index in [0.717, 1.165) is 44.1 Å². The summed E-state index contributed by atoms with van der Waals surface area (Å²) in [5.41, 5.74) is 4.93. The van der Waals surface area contributed by atoms with Crippen molar-refractivity contribution in [2.75, 3.05) is 0 Å². The lowest BCUT2D eigenvalue weighted by Gasteiger charge is -2.26. The van der Waals surface area contributed by atoms with Gasteiger partial charge in [0.2, 0.25) is 0 Å². The van der Waals surface area contributed by atoms with E-state index in [0.29, 0.717) is 5.78 Å². The smallest absolute Gasteiger partial charge is 0.146 e. The molecule has 1 aromatic rings. The highest BCUT2D eigenvalue weighted by Gasteiger charge is 2.50. The van der Waals surface area contributed by atoms with Crippen molar-refractivity contribution < 1.29 is 9.90 Å². The minimum Gasteiger partial charge on any atom is -0.392 e. The predicted molar refractivity (Wildman–Crippen MR) is 89.1 cm³/mol. The molecule has 0 radical (unpaired) electrons. The molecule has 2 fully saturated rings. The number of aryl methyl sites for hydroxylation is 3. The number of aliphatic hydroxyl groups is 1. The summed E-state index contributed by atoms with van der Waals surface area (Å²) in [7, 11) is 0. The highest BCUT2D eigenvalue weighted by molar-refractivity contribution is 5.92. The third-order valence-corrected chi connectivity index (χ3v) is 5.84. The Morgan fingerprint density at radius 2 is 1.68 bits per heavy atom. The average molecular weight is 300 g/mol. The van der Waals surface area contributed by atoms with Crippen LogP contribution in [0.4, 0.5) is 0 Å². The number of hydrogen-bond acceptors (Lipinski definition) is 2. The molecule has 0 amide bonds. The second-order valence-electron chi connectivity index (χ2n) is 7.13. The molecule has 1 aromatic carbocycles. The van der Waals surface area contributed by atoms with Gasteiger partial charge in [0.15, 0.2) is 0 Å². The van der Waals surface area contributed by atoms with E-state index in [1.807, 2.05) is 0 Å². The van der Waals surface area contributed by atoms with Crippen LogP contribution in [0.15, 0.2) is 12.1 Å². The van der Waals surface area contributed by atoms with Gasteiger partial charge in [-0.25, -0.2) is 0 Å². The van der Waals surface area contributed by atoms with E-state index >= 15 is 0 Å². The van der Waals surface area contributed by atoms with Crippen molar-refractivity contribution in [2.24, 2.45) is 11.8 Å². The van der Waals surface area contributed by atoms with Crippen molar-refractivity contribution in [1.29, 1.82) is 0 Å². The van der Waals surface area contributed by atoms with Crippen LogP contribution in [0.3, 0.4) is 0 Å². The van der Waals surface area contributed by atoms with Crippen LogP contribution in [0.25, 0.3) is 0 Å². The molecule has 4 unspecified atom stereocenters. The molecular formula is C20H28O2. The average Bonchev–Trinajstić information content (AvgIpc) is 2.78. The van der Waals surface area contributed by atoms with Crippen LogP contribution < -0.4 is 0 Å². The van der Waals surface area contributed by atoms with E-state index in [9.17, 15) is 9.90 Å². The van der Waals surface area contributed by atoms with Gasteiger partial charge in [-0.1, -0.05) is 44.4 Å². The second kappa shape index (κ2) is 6.16. The van der Waals surface area contributed by atoms with Gasteiger partial charge in [-0.05, 0) is 55.2 Å². The molecule has 2 aliphatic rings. The van der Waals surface area contributed by atoms with E-state index in [1.54, 1.807) is 0 Å². The fourth-order valence-corrected chi connectivity index (χ4v) is 4.82. The first-order chi connectivity index (χ1) is 10.6. The molecule has 0 spiro atoms. The lowest BCUT2D eigenvalue weighted by molar-refractivity contribution is -0.123. The molecule has 2 heteroatoms. The van der Waals surface area contributed by atoms with Gasteiger partial charge in [0.05, 0.1) is 12.0 Å². The minimum atomic E-state index is -0.476. The molecule has 0 bridgehead atoms. The molecule has 0 saturated heterocycles. The highest BCUT2D eigenvalue weighted by atomic mass is 16.3. The third kappa shape index (κ3) is 2.42. The maximum atomic E-state index is 13.0. The molecule has 0 aromatic heterocycles. The Bertz CT molecular complexity index is 550. The first kappa shape index (κ1) is 15.7. The predicted octanol–water partition coefficient (Wildman–Crippen LogP) is 3.95. The summed E-state index contributed by atoms with van der Waals surface area (Å²) in [4.78, 5) is 13.0. The van der Waals surface area contributed by atoms with Crippen LogP contribution in [-0.4, -0.2) is 17.0 Å². The number of aliphatic hydroxyl groups excluding tert-OH is 1. The number of carbonyl (C=O) groups excluding carboxylic acids is 1. The summed E-state index contributed by atoms with van der Waals surface area (Å²) in [5.74, 6) is 0.329. The second-order valence-corrected chi connectivity index (χ2v) is 7.13. The summed E-state index contributed by atoms with van der Waals surface area (Å²) in [6.45, 7) is 6.42. The number of fused-ring (bicyclic) bond motifs is 1. The van der Waals surface area contributed by atoms with E-state index < -0.39 is 6.10 Å². The molecule has 2 nitrogen and oxygen atoms in total. The number of rotatable bonds is 3. The van der Waals surface area contributed by atoms with Crippen molar-refractivity contribution in [2.45, 2.75) is 71.3 Å². The van der Waals surface area contributed by atoms with Gasteiger partial charge in [0.25, 0.3) is 0 Å². The molecule has 0 aliphatic heterocycles. The number of Topliss-reactive ketones (excluding diaryl/α,β-unsaturated/α-hetero) is 1. The van der Waals surface area contributed by atoms with Crippen molar-refractivity contribution in [3.63, 3.8) is 0 Å². The van der Waals surface area contributed by atoms with E-state index in [-0.39, 0.29) is 17.8 Å². The summed E-state index contributed by atoms with van der Waals surface area (Å²) >= 11 is 0. The molecule has 0 heterocycles. The molecule has 22 heavy (non-hydrogen) atoms. The van der Waals surface area contributed by atoms with Crippen LogP contribution in [0.2, 0.25) is 0 Å². The lowest BCUT2D eigenvalue weighted by atomic mass is 9.81. The van der Waals surface area contributed by atoms with Gasteiger partial charge in [0, 0.05) is 5.92 Å². The fraction of sp³-hybridized carbons (Fsp3) is 0.650. The largest absolute Gasteiger partial charge is 0.392 e. The topological polar surface area (TPSA) is 37.3 Å². The number of benzene rings is 1. The Kier molecular flexibility index (Phi) is 4.40. The normalized spacial score (nSPS) is 31.4. The molecular weight excluding hydrogens is 272 g/mol. The molecule has 3 rings (SSSR count). The molecule has 2 aliphatic carbocycles. The minimum absolute atomic E-state index is 0.101. The Hall–Kier alpha value is -1.15. The van der Waals surface area contributed by atoms with E-state index in [2.05, 4.69) is 32.9 Å². The summed E-state index contributed by atoms with van der Waals surface area (Å²) < 4.78 is 0. The van der Waals surface area contributed by atoms with Gasteiger partial charge in [-0.2, -0.15) is 0 Å². The summed E-state index contributed by atoms with van der Waals surface area (Å²) in [6.07, 6.45) is 5.67. The summed E-state index contributed by atoms with van der Waals surface area (Å²) in [6, 6.07) is 4.41. The number of carbonyl (C=O) groups is 1. The quantitative estimate of drug-likeness (QED) is 0.917. The zero-order chi connectivity index (χ0) is 15.9. The Labute approximate surface area is 133 Å². The molecule has 120 valence electrons. The number of ketones is 1. The van der Waals surface area contributed by atoms with Gasteiger partial charge in [0.1, 0.15) is 5.78 Å². The standard InChI is InChI=1S/C20H28O2/c1-4-13-10-12(3)11-14(5-2)17(13)18-19(21)15-8-6-7-9-16(15)20(18)22/h10-11,15-16,18-19,21H,4-9H2,1-3H3. The van der Waals surface area contributed by atoms with Crippen LogP contribution >= 0.6 is 0 Å². The van der Waals surface area contributed by atoms with Gasteiger partial charge in [-0.3, -0.25) is 4.79 Å². The third-order valence-electron chi connectivity index (χ3n) is 5.84. The number of hydrogen-bond donors (Lipinski definition) is 1. The SMILES string of the molecule is CCc1cc(C)cc(CC)c1C1C(=O)C2CCCCC2C1O. The summed E-state index contributed by atoms with van der Waals surface area (Å²) in [5, 5.41) is 10.9. The lowest BCUT2D eigenvalue weighted by Crippen LogP contribution is -2.25. The van der Waals surface area contributed by atoms with E-state index in [4.69, 9.17) is 0 Å². The highest BCUT2D eigenvalue weighted by Crippen LogP contribution is 2.48. The van der Waals surface area contributed by atoms with Crippen LogP contribution in [0.1, 0.15) is 67.7 Å². The molecule has 4 atom stereocenters. The van der Waals surface area contributed by atoms with Gasteiger partial charge < -0.3 is 5.11 Å². The maximum Gasteiger partial charge on any atom is 0.146 e. The first-order valence-electron chi connectivity index (χ1n) is 8.92. The Morgan fingerprint density at radius 3 is 2.23 bits per heavy atom.